The second-order valence-electron chi connectivity index (χ2n) is 4.82. The molecule has 1 aliphatic rings. The van der Waals surface area contributed by atoms with Crippen LogP contribution < -0.4 is 5.32 Å². The molecule has 17 heavy (non-hydrogen) atoms. The monoisotopic (exact) mass is 235 g/mol. The third-order valence-corrected chi connectivity index (χ3v) is 3.55. The van der Waals surface area contributed by atoms with E-state index in [-0.39, 0.29) is 17.5 Å². The van der Waals surface area contributed by atoms with Gasteiger partial charge < -0.3 is 5.32 Å². The second kappa shape index (κ2) is 5.30. The summed E-state index contributed by atoms with van der Waals surface area (Å²) in [7, 11) is 0. The molecule has 3 heteroatoms. The molecule has 0 radical (unpaired) electrons. The number of hydrogen-bond acceptors (Lipinski definition) is 1. The number of benzene rings is 1. The zero-order valence-corrected chi connectivity index (χ0v) is 10.1. The molecule has 92 valence electrons. The van der Waals surface area contributed by atoms with Crippen LogP contribution in [0.3, 0.4) is 0 Å². The first-order valence-corrected chi connectivity index (χ1v) is 6.24. The second-order valence-corrected chi connectivity index (χ2v) is 4.82. The van der Waals surface area contributed by atoms with Crippen LogP contribution >= 0.6 is 0 Å². The number of nitrogens with one attached hydrogen (secondary N) is 1. The van der Waals surface area contributed by atoms with E-state index >= 15 is 0 Å². The minimum Gasteiger partial charge on any atom is -0.349 e. The predicted octanol–water partition coefficient (Wildman–Crippen LogP) is 3.13. The highest BCUT2D eigenvalue weighted by molar-refractivity contribution is 5.94. The summed E-state index contributed by atoms with van der Waals surface area (Å²) >= 11 is 0. The van der Waals surface area contributed by atoms with Gasteiger partial charge in [0.1, 0.15) is 5.82 Å². The predicted molar refractivity (Wildman–Crippen MR) is 65.3 cm³/mol. The average Bonchev–Trinajstić information content (AvgIpc) is 2.32. The van der Waals surface area contributed by atoms with Gasteiger partial charge in [-0.1, -0.05) is 31.9 Å². The molecule has 2 atom stereocenters. The maximum absolute atomic E-state index is 13.4. The molecule has 0 spiro atoms. The molecule has 0 aromatic heterocycles. The highest BCUT2D eigenvalue weighted by atomic mass is 19.1. The van der Waals surface area contributed by atoms with Crippen LogP contribution in [-0.4, -0.2) is 11.9 Å². The highest BCUT2D eigenvalue weighted by Gasteiger charge is 2.23. The smallest absolute Gasteiger partial charge is 0.254 e. The Labute approximate surface area is 101 Å². The third-order valence-electron chi connectivity index (χ3n) is 3.55. The number of amides is 1. The first-order chi connectivity index (χ1) is 8.18. The summed E-state index contributed by atoms with van der Waals surface area (Å²) in [6.45, 7) is 2.14. The van der Waals surface area contributed by atoms with Gasteiger partial charge in [0.05, 0.1) is 5.56 Å². The SMILES string of the molecule is C[C@@H]1CCCC[C@@H]1NC(=O)c1ccccc1F. The van der Waals surface area contributed by atoms with Crippen molar-refractivity contribution in [2.75, 3.05) is 0 Å². The molecule has 0 heterocycles. The van der Waals surface area contributed by atoms with E-state index in [9.17, 15) is 9.18 Å². The van der Waals surface area contributed by atoms with Crippen LogP contribution in [0.5, 0.6) is 0 Å². The maximum Gasteiger partial charge on any atom is 0.254 e. The quantitative estimate of drug-likeness (QED) is 0.838. The maximum atomic E-state index is 13.4. The van der Waals surface area contributed by atoms with Crippen molar-refractivity contribution in [2.45, 2.75) is 38.6 Å². The summed E-state index contributed by atoms with van der Waals surface area (Å²) < 4.78 is 13.4. The minimum absolute atomic E-state index is 0.144. The molecule has 1 aromatic rings. The van der Waals surface area contributed by atoms with Crippen molar-refractivity contribution >= 4 is 5.91 Å². The van der Waals surface area contributed by atoms with E-state index in [1.165, 1.54) is 18.6 Å². The van der Waals surface area contributed by atoms with Gasteiger partial charge in [0.15, 0.2) is 0 Å². The molecule has 1 saturated carbocycles. The molecule has 0 aliphatic heterocycles. The molecule has 0 bridgehead atoms. The number of carbonyl (C=O) groups is 1. The Balaban J connectivity index is 2.04. The normalized spacial score (nSPS) is 24.4. The number of carbonyl (C=O) groups excluding carboxylic acids is 1. The van der Waals surface area contributed by atoms with Gasteiger partial charge in [-0.25, -0.2) is 4.39 Å². The van der Waals surface area contributed by atoms with Gasteiger partial charge in [0.2, 0.25) is 0 Å². The Morgan fingerprint density at radius 2 is 2.00 bits per heavy atom. The topological polar surface area (TPSA) is 29.1 Å². The summed E-state index contributed by atoms with van der Waals surface area (Å²) in [5.41, 5.74) is 0.144. The van der Waals surface area contributed by atoms with E-state index in [1.54, 1.807) is 12.1 Å². The van der Waals surface area contributed by atoms with Crippen LogP contribution in [0.15, 0.2) is 24.3 Å². The molecule has 1 N–H and O–H groups in total. The van der Waals surface area contributed by atoms with Crippen LogP contribution in [-0.2, 0) is 0 Å². The first-order valence-electron chi connectivity index (χ1n) is 6.24. The van der Waals surface area contributed by atoms with E-state index in [1.807, 2.05) is 0 Å². The van der Waals surface area contributed by atoms with Gasteiger partial charge in [0.25, 0.3) is 5.91 Å². The fourth-order valence-electron chi connectivity index (χ4n) is 2.42. The van der Waals surface area contributed by atoms with Gasteiger partial charge in [-0.15, -0.1) is 0 Å². The Morgan fingerprint density at radius 3 is 2.71 bits per heavy atom. The van der Waals surface area contributed by atoms with Crippen molar-refractivity contribution in [3.8, 4) is 0 Å². The van der Waals surface area contributed by atoms with E-state index in [0.717, 1.165) is 19.3 Å². The van der Waals surface area contributed by atoms with Gasteiger partial charge in [-0.3, -0.25) is 4.79 Å². The molecule has 2 nitrogen and oxygen atoms in total. The Kier molecular flexibility index (Phi) is 3.77. The lowest BCUT2D eigenvalue weighted by Gasteiger charge is -2.29. The summed E-state index contributed by atoms with van der Waals surface area (Å²) in [4.78, 5) is 11.9. The minimum atomic E-state index is -0.450. The Bertz CT molecular complexity index is 405. The molecule has 0 unspecified atom stereocenters. The zero-order valence-electron chi connectivity index (χ0n) is 10.1. The first kappa shape index (κ1) is 12.1. The average molecular weight is 235 g/mol. The van der Waals surface area contributed by atoms with Crippen LogP contribution in [0.4, 0.5) is 4.39 Å². The summed E-state index contributed by atoms with van der Waals surface area (Å²) in [5, 5.41) is 2.95. The molecule has 2 rings (SSSR count). The lowest BCUT2D eigenvalue weighted by molar-refractivity contribution is 0.0906. The highest BCUT2D eigenvalue weighted by Crippen LogP contribution is 2.24. The van der Waals surface area contributed by atoms with Crippen molar-refractivity contribution in [3.05, 3.63) is 35.6 Å². The fraction of sp³-hybridized carbons (Fsp3) is 0.500. The molecular formula is C14H18FNO. The van der Waals surface area contributed by atoms with E-state index < -0.39 is 5.82 Å². The molecule has 1 fully saturated rings. The summed E-state index contributed by atoms with van der Waals surface area (Å²) in [6, 6.07) is 6.31. The van der Waals surface area contributed by atoms with Crippen molar-refractivity contribution in [2.24, 2.45) is 5.92 Å². The largest absolute Gasteiger partial charge is 0.349 e. The fourth-order valence-corrected chi connectivity index (χ4v) is 2.42. The molecule has 1 amide bonds. The molecule has 1 aliphatic carbocycles. The lowest BCUT2D eigenvalue weighted by atomic mass is 9.86. The van der Waals surface area contributed by atoms with Gasteiger partial charge in [0, 0.05) is 6.04 Å². The van der Waals surface area contributed by atoms with Gasteiger partial charge in [-0.2, -0.15) is 0 Å². The van der Waals surface area contributed by atoms with Crippen molar-refractivity contribution in [3.63, 3.8) is 0 Å². The lowest BCUT2D eigenvalue weighted by Crippen LogP contribution is -2.41. The summed E-state index contributed by atoms with van der Waals surface area (Å²) in [5.74, 6) is -0.255. The number of halogens is 1. The molecular weight excluding hydrogens is 217 g/mol. The molecule has 1 aromatic carbocycles. The molecule has 0 saturated heterocycles. The Hall–Kier alpha value is -1.38. The van der Waals surface area contributed by atoms with Gasteiger partial charge in [-0.05, 0) is 30.9 Å². The number of hydrogen-bond donors (Lipinski definition) is 1. The van der Waals surface area contributed by atoms with E-state index in [4.69, 9.17) is 0 Å². The van der Waals surface area contributed by atoms with Crippen LogP contribution in [0, 0.1) is 11.7 Å². The van der Waals surface area contributed by atoms with Crippen LogP contribution in [0.25, 0.3) is 0 Å². The number of rotatable bonds is 2. The zero-order chi connectivity index (χ0) is 12.3. The van der Waals surface area contributed by atoms with Crippen molar-refractivity contribution < 1.29 is 9.18 Å². The third kappa shape index (κ3) is 2.84. The van der Waals surface area contributed by atoms with Crippen LogP contribution in [0.2, 0.25) is 0 Å². The van der Waals surface area contributed by atoms with Gasteiger partial charge >= 0.3 is 0 Å². The van der Waals surface area contributed by atoms with E-state index in [2.05, 4.69) is 12.2 Å². The van der Waals surface area contributed by atoms with Crippen LogP contribution in [0.1, 0.15) is 43.0 Å². The van der Waals surface area contributed by atoms with Crippen molar-refractivity contribution in [1.82, 2.24) is 5.32 Å². The Morgan fingerprint density at radius 1 is 1.29 bits per heavy atom. The summed E-state index contributed by atoms with van der Waals surface area (Å²) in [6.07, 6.45) is 4.52. The van der Waals surface area contributed by atoms with Crippen molar-refractivity contribution in [1.29, 1.82) is 0 Å². The van der Waals surface area contributed by atoms with E-state index in [0.29, 0.717) is 5.92 Å². The standard InChI is InChI=1S/C14H18FNO/c1-10-6-2-5-9-13(10)16-14(17)11-7-3-4-8-12(11)15/h3-4,7-8,10,13H,2,5-6,9H2,1H3,(H,16,17)/t10-,13+/m1/s1.